The molecule has 1 aliphatic rings. The lowest BCUT2D eigenvalue weighted by Gasteiger charge is -2.31. The second-order valence-corrected chi connectivity index (χ2v) is 5.99. The van der Waals surface area contributed by atoms with Gasteiger partial charge in [0.1, 0.15) is 0 Å². The van der Waals surface area contributed by atoms with Gasteiger partial charge in [-0.25, -0.2) is 0 Å². The molecule has 2 aromatic rings. The fourth-order valence-electron chi connectivity index (χ4n) is 2.86. The van der Waals surface area contributed by atoms with Crippen molar-refractivity contribution < 1.29 is 9.59 Å². The van der Waals surface area contributed by atoms with Crippen molar-refractivity contribution in [1.29, 1.82) is 0 Å². The topological polar surface area (TPSA) is 46.2 Å². The van der Waals surface area contributed by atoms with Crippen molar-refractivity contribution >= 4 is 27.7 Å². The van der Waals surface area contributed by atoms with Crippen LogP contribution in [0.4, 0.5) is 0 Å². The average Bonchev–Trinajstić information content (AvgIpc) is 2.49. The van der Waals surface area contributed by atoms with Gasteiger partial charge in [-0.1, -0.05) is 64.5 Å². The Balaban J connectivity index is 2.08. The first-order valence-corrected chi connectivity index (χ1v) is 7.59. The predicted molar refractivity (Wildman–Crippen MR) is 83.8 cm³/mol. The van der Waals surface area contributed by atoms with Gasteiger partial charge in [0.05, 0.1) is 5.92 Å². The monoisotopic (exact) mass is 343 g/mol. The van der Waals surface area contributed by atoms with Crippen LogP contribution in [0.25, 0.3) is 0 Å². The molecule has 2 aromatic carbocycles. The molecule has 1 aliphatic heterocycles. The number of benzene rings is 2. The standard InChI is InChI=1S/C17H14BrNO2/c18-14-9-5-4-8-12(14)16-13(10-15(20)19-17(16)21)11-6-2-1-3-7-11/h1-9,13,16H,10H2,(H,19,20,21). The molecule has 4 heteroatoms. The second kappa shape index (κ2) is 5.82. The van der Waals surface area contributed by atoms with Crippen molar-refractivity contribution in [2.75, 3.05) is 0 Å². The third-order valence-corrected chi connectivity index (χ3v) is 4.54. The molecule has 0 saturated carbocycles. The summed E-state index contributed by atoms with van der Waals surface area (Å²) in [5.41, 5.74) is 1.93. The SMILES string of the molecule is O=C1CC(c2ccccc2)C(c2ccccc2Br)C(=O)N1. The molecule has 0 bridgehead atoms. The third kappa shape index (κ3) is 2.76. The van der Waals surface area contributed by atoms with Gasteiger partial charge in [-0.05, 0) is 17.2 Å². The summed E-state index contributed by atoms with van der Waals surface area (Å²) in [5, 5.41) is 2.46. The number of carbonyl (C=O) groups is 2. The average molecular weight is 344 g/mol. The lowest BCUT2D eigenvalue weighted by molar-refractivity contribution is -0.135. The second-order valence-electron chi connectivity index (χ2n) is 5.13. The molecule has 106 valence electrons. The molecule has 1 heterocycles. The zero-order chi connectivity index (χ0) is 14.8. The van der Waals surface area contributed by atoms with Gasteiger partial charge in [0.15, 0.2) is 0 Å². The van der Waals surface area contributed by atoms with E-state index in [9.17, 15) is 9.59 Å². The molecule has 0 radical (unpaired) electrons. The van der Waals surface area contributed by atoms with Gasteiger partial charge in [0.25, 0.3) is 0 Å². The molecule has 1 N–H and O–H groups in total. The highest BCUT2D eigenvalue weighted by atomic mass is 79.9. The van der Waals surface area contributed by atoms with Crippen molar-refractivity contribution in [3.05, 3.63) is 70.2 Å². The van der Waals surface area contributed by atoms with Crippen molar-refractivity contribution in [3.63, 3.8) is 0 Å². The molecule has 0 spiro atoms. The van der Waals surface area contributed by atoms with Gasteiger partial charge in [-0.3, -0.25) is 14.9 Å². The maximum atomic E-state index is 12.4. The van der Waals surface area contributed by atoms with E-state index in [-0.39, 0.29) is 23.7 Å². The molecule has 2 amide bonds. The molecule has 0 aromatic heterocycles. The first kappa shape index (κ1) is 14.0. The fraction of sp³-hybridized carbons (Fsp3) is 0.176. The fourth-order valence-corrected chi connectivity index (χ4v) is 3.39. The number of halogens is 1. The molecular formula is C17H14BrNO2. The summed E-state index contributed by atoms with van der Waals surface area (Å²) in [5.74, 6) is -0.934. The number of imide groups is 1. The van der Waals surface area contributed by atoms with E-state index in [0.717, 1.165) is 15.6 Å². The first-order valence-electron chi connectivity index (χ1n) is 6.80. The van der Waals surface area contributed by atoms with Crippen LogP contribution in [0.3, 0.4) is 0 Å². The number of hydrogen-bond acceptors (Lipinski definition) is 2. The maximum Gasteiger partial charge on any atom is 0.234 e. The highest BCUT2D eigenvalue weighted by Crippen LogP contribution is 2.40. The van der Waals surface area contributed by atoms with E-state index < -0.39 is 0 Å². The Morgan fingerprint density at radius 1 is 0.952 bits per heavy atom. The minimum atomic E-state index is -0.360. The van der Waals surface area contributed by atoms with Crippen molar-refractivity contribution in [2.45, 2.75) is 18.3 Å². The molecule has 2 unspecified atom stereocenters. The summed E-state index contributed by atoms with van der Waals surface area (Å²) in [4.78, 5) is 24.2. The summed E-state index contributed by atoms with van der Waals surface area (Å²) in [6.07, 6.45) is 0.321. The minimum Gasteiger partial charge on any atom is -0.296 e. The summed E-state index contributed by atoms with van der Waals surface area (Å²) < 4.78 is 0.889. The summed E-state index contributed by atoms with van der Waals surface area (Å²) in [7, 11) is 0. The van der Waals surface area contributed by atoms with Gasteiger partial charge >= 0.3 is 0 Å². The van der Waals surface area contributed by atoms with E-state index in [0.29, 0.717) is 6.42 Å². The normalized spacial score (nSPS) is 22.0. The molecule has 2 atom stereocenters. The zero-order valence-electron chi connectivity index (χ0n) is 11.3. The van der Waals surface area contributed by atoms with Gasteiger partial charge in [-0.2, -0.15) is 0 Å². The Labute approximate surface area is 131 Å². The van der Waals surface area contributed by atoms with Gasteiger partial charge in [0.2, 0.25) is 11.8 Å². The Hall–Kier alpha value is -1.94. The van der Waals surface area contributed by atoms with Crippen LogP contribution in [0, 0.1) is 0 Å². The van der Waals surface area contributed by atoms with Crippen molar-refractivity contribution in [1.82, 2.24) is 5.32 Å². The van der Waals surface area contributed by atoms with E-state index in [1.807, 2.05) is 54.6 Å². The number of hydrogen-bond donors (Lipinski definition) is 1. The van der Waals surface area contributed by atoms with Crippen LogP contribution < -0.4 is 5.32 Å². The van der Waals surface area contributed by atoms with Gasteiger partial charge in [-0.15, -0.1) is 0 Å². The van der Waals surface area contributed by atoms with E-state index in [2.05, 4.69) is 21.2 Å². The molecule has 21 heavy (non-hydrogen) atoms. The van der Waals surface area contributed by atoms with Crippen LogP contribution in [0.5, 0.6) is 0 Å². The van der Waals surface area contributed by atoms with E-state index in [1.54, 1.807) is 0 Å². The zero-order valence-corrected chi connectivity index (χ0v) is 12.8. The summed E-state index contributed by atoms with van der Waals surface area (Å²) in [6.45, 7) is 0. The third-order valence-electron chi connectivity index (χ3n) is 3.82. The lowest BCUT2D eigenvalue weighted by Crippen LogP contribution is -2.43. The molecule has 0 aliphatic carbocycles. The van der Waals surface area contributed by atoms with Gasteiger partial charge < -0.3 is 0 Å². The molecule has 1 fully saturated rings. The Kier molecular flexibility index (Phi) is 3.88. The molecule has 1 saturated heterocycles. The van der Waals surface area contributed by atoms with Crippen LogP contribution in [-0.4, -0.2) is 11.8 Å². The highest BCUT2D eigenvalue weighted by molar-refractivity contribution is 9.10. The lowest BCUT2D eigenvalue weighted by atomic mass is 9.76. The smallest absolute Gasteiger partial charge is 0.234 e. The number of rotatable bonds is 2. The van der Waals surface area contributed by atoms with Crippen LogP contribution >= 0.6 is 15.9 Å². The Morgan fingerprint density at radius 2 is 1.62 bits per heavy atom. The quantitative estimate of drug-likeness (QED) is 0.849. The van der Waals surface area contributed by atoms with Crippen LogP contribution in [0.15, 0.2) is 59.1 Å². The number of amides is 2. The van der Waals surface area contributed by atoms with Crippen LogP contribution in [-0.2, 0) is 9.59 Å². The first-order chi connectivity index (χ1) is 10.2. The largest absolute Gasteiger partial charge is 0.296 e. The van der Waals surface area contributed by atoms with E-state index in [4.69, 9.17) is 0 Å². The number of nitrogens with one attached hydrogen (secondary N) is 1. The van der Waals surface area contributed by atoms with Crippen LogP contribution in [0.2, 0.25) is 0 Å². The Morgan fingerprint density at radius 3 is 2.33 bits per heavy atom. The van der Waals surface area contributed by atoms with E-state index in [1.165, 1.54) is 0 Å². The highest BCUT2D eigenvalue weighted by Gasteiger charge is 2.38. The Bertz CT molecular complexity index is 684. The number of carbonyl (C=O) groups excluding carboxylic acids is 2. The van der Waals surface area contributed by atoms with Gasteiger partial charge in [0, 0.05) is 16.8 Å². The predicted octanol–water partition coefficient (Wildman–Crippen LogP) is 3.36. The minimum absolute atomic E-state index is 0.133. The summed E-state index contributed by atoms with van der Waals surface area (Å²) >= 11 is 3.51. The number of piperidine rings is 1. The molecule has 3 nitrogen and oxygen atoms in total. The molecule has 3 rings (SSSR count). The molecular weight excluding hydrogens is 330 g/mol. The summed E-state index contributed by atoms with van der Waals surface area (Å²) in [6, 6.07) is 17.4. The van der Waals surface area contributed by atoms with Crippen molar-refractivity contribution in [2.24, 2.45) is 0 Å². The maximum absolute atomic E-state index is 12.4. The van der Waals surface area contributed by atoms with Crippen LogP contribution in [0.1, 0.15) is 29.4 Å². The van der Waals surface area contributed by atoms with E-state index >= 15 is 0 Å². The van der Waals surface area contributed by atoms with Crippen molar-refractivity contribution in [3.8, 4) is 0 Å².